The maximum Gasteiger partial charge on any atom is 0.338 e. The highest BCUT2D eigenvalue weighted by atomic mass is 16.5. The highest BCUT2D eigenvalue weighted by molar-refractivity contribution is 5.99. The van der Waals surface area contributed by atoms with Crippen LogP contribution in [-0.4, -0.2) is 45.9 Å². The third kappa shape index (κ3) is 6.17. The van der Waals surface area contributed by atoms with Crippen molar-refractivity contribution in [2.75, 3.05) is 32.8 Å². The molecule has 1 unspecified atom stereocenters. The largest absolute Gasteiger partial charge is 0.497 e. The molecular formula is C32H35NO7. The third-order valence-corrected chi connectivity index (χ3v) is 7.54. The van der Waals surface area contributed by atoms with E-state index in [0.29, 0.717) is 35.7 Å². The molecule has 3 aromatic carbocycles. The van der Waals surface area contributed by atoms with Crippen LogP contribution in [-0.2, 0) is 16.1 Å². The summed E-state index contributed by atoms with van der Waals surface area (Å²) in [6.45, 7) is 0.738. The van der Waals surface area contributed by atoms with Crippen molar-refractivity contribution >= 4 is 17.6 Å². The standard InChI is InChI=1S/C32H35NO7/c1-36-27-10-6-7-21(13-27)20-39-28-15-23(32(35)38-3)14-25(18-28)33-19-24(17-31(33)34)22-11-12-29(37-2)30(16-22)40-26-8-4-5-9-26/h6-7,10-16,18,24,26H,4-5,8-9,17,19-20H2,1-3H3. The van der Waals surface area contributed by atoms with E-state index in [-0.39, 0.29) is 24.5 Å². The average molecular weight is 546 g/mol. The minimum absolute atomic E-state index is 0.0279. The van der Waals surface area contributed by atoms with Gasteiger partial charge in [0.15, 0.2) is 11.5 Å². The van der Waals surface area contributed by atoms with E-state index in [1.807, 2.05) is 42.5 Å². The fraction of sp³-hybridized carbons (Fsp3) is 0.375. The first-order valence-electron chi connectivity index (χ1n) is 13.6. The van der Waals surface area contributed by atoms with E-state index in [1.54, 1.807) is 37.3 Å². The zero-order chi connectivity index (χ0) is 28.1. The molecule has 1 saturated carbocycles. The summed E-state index contributed by atoms with van der Waals surface area (Å²) in [6, 6.07) is 18.6. The molecule has 3 aromatic rings. The van der Waals surface area contributed by atoms with E-state index in [2.05, 4.69) is 0 Å². The van der Waals surface area contributed by atoms with Gasteiger partial charge in [0.1, 0.15) is 18.1 Å². The molecule has 1 aliphatic carbocycles. The minimum Gasteiger partial charge on any atom is -0.497 e. The number of esters is 1. The molecule has 2 fully saturated rings. The number of hydrogen-bond donors (Lipinski definition) is 0. The molecule has 1 aliphatic heterocycles. The van der Waals surface area contributed by atoms with E-state index < -0.39 is 5.97 Å². The number of methoxy groups -OCH3 is 3. The third-order valence-electron chi connectivity index (χ3n) is 7.54. The van der Waals surface area contributed by atoms with Crippen LogP contribution in [0.1, 0.15) is 59.5 Å². The van der Waals surface area contributed by atoms with Crippen LogP contribution in [0.3, 0.4) is 0 Å². The molecule has 2 aliphatic rings. The molecule has 0 spiro atoms. The highest BCUT2D eigenvalue weighted by Crippen LogP contribution is 2.39. The van der Waals surface area contributed by atoms with Gasteiger partial charge in [-0.3, -0.25) is 4.79 Å². The maximum atomic E-state index is 13.3. The van der Waals surface area contributed by atoms with Gasteiger partial charge in [-0.25, -0.2) is 4.79 Å². The Kier molecular flexibility index (Phi) is 8.43. The lowest BCUT2D eigenvalue weighted by Crippen LogP contribution is -2.24. The molecule has 0 radical (unpaired) electrons. The molecule has 0 bridgehead atoms. The Morgan fingerprint density at radius 3 is 2.48 bits per heavy atom. The van der Waals surface area contributed by atoms with Gasteiger partial charge in [-0.15, -0.1) is 0 Å². The van der Waals surface area contributed by atoms with Gasteiger partial charge in [0, 0.05) is 30.6 Å². The van der Waals surface area contributed by atoms with Gasteiger partial charge in [-0.2, -0.15) is 0 Å². The van der Waals surface area contributed by atoms with Crippen LogP contribution in [0.15, 0.2) is 60.7 Å². The molecule has 0 aromatic heterocycles. The van der Waals surface area contributed by atoms with Gasteiger partial charge in [-0.05, 0) is 73.2 Å². The van der Waals surface area contributed by atoms with Crippen molar-refractivity contribution in [3.05, 3.63) is 77.4 Å². The summed E-state index contributed by atoms with van der Waals surface area (Å²) < 4.78 is 28.1. The quantitative estimate of drug-likeness (QED) is 0.293. The van der Waals surface area contributed by atoms with Crippen LogP contribution in [0.2, 0.25) is 0 Å². The van der Waals surface area contributed by atoms with Crippen LogP contribution in [0.4, 0.5) is 5.69 Å². The van der Waals surface area contributed by atoms with Crippen molar-refractivity contribution in [1.29, 1.82) is 0 Å². The predicted molar refractivity (Wildman–Crippen MR) is 151 cm³/mol. The molecule has 40 heavy (non-hydrogen) atoms. The second kappa shape index (κ2) is 12.3. The van der Waals surface area contributed by atoms with Crippen molar-refractivity contribution in [3.63, 3.8) is 0 Å². The Hall–Kier alpha value is -4.20. The molecule has 5 rings (SSSR count). The van der Waals surface area contributed by atoms with Crippen molar-refractivity contribution in [2.45, 2.75) is 50.7 Å². The van der Waals surface area contributed by atoms with Gasteiger partial charge in [-0.1, -0.05) is 18.2 Å². The lowest BCUT2D eigenvalue weighted by molar-refractivity contribution is -0.117. The van der Waals surface area contributed by atoms with Crippen molar-refractivity contribution in [3.8, 4) is 23.0 Å². The lowest BCUT2D eigenvalue weighted by Gasteiger charge is -2.20. The first kappa shape index (κ1) is 27.4. The SMILES string of the molecule is COC(=O)c1cc(OCc2cccc(OC)c2)cc(N2CC(c3ccc(OC)c(OC4CCCC4)c3)CC2=O)c1. The smallest absolute Gasteiger partial charge is 0.338 e. The molecule has 8 heteroatoms. The number of carbonyl (C=O) groups is 2. The Bertz CT molecular complexity index is 1370. The molecule has 0 N–H and O–H groups in total. The summed E-state index contributed by atoms with van der Waals surface area (Å²) in [6.07, 6.45) is 4.98. The van der Waals surface area contributed by atoms with Crippen LogP contribution >= 0.6 is 0 Å². The maximum absolute atomic E-state index is 13.3. The van der Waals surface area contributed by atoms with Crippen molar-refractivity contribution < 1.29 is 33.3 Å². The highest BCUT2D eigenvalue weighted by Gasteiger charge is 2.33. The van der Waals surface area contributed by atoms with E-state index in [1.165, 1.54) is 20.0 Å². The number of carbonyl (C=O) groups excluding carboxylic acids is 2. The monoisotopic (exact) mass is 545 g/mol. The normalized spacial score (nSPS) is 17.1. The summed E-state index contributed by atoms with van der Waals surface area (Å²) in [5.41, 5.74) is 2.83. The molecule has 1 amide bonds. The Labute approximate surface area is 234 Å². The molecule has 1 heterocycles. The van der Waals surface area contributed by atoms with Crippen molar-refractivity contribution in [1.82, 2.24) is 0 Å². The lowest BCUT2D eigenvalue weighted by atomic mass is 9.98. The molecule has 1 atom stereocenters. The second-order valence-electron chi connectivity index (χ2n) is 10.2. The van der Waals surface area contributed by atoms with Crippen LogP contribution in [0, 0.1) is 0 Å². The van der Waals surface area contributed by atoms with Crippen LogP contribution in [0.25, 0.3) is 0 Å². The fourth-order valence-corrected chi connectivity index (χ4v) is 5.39. The van der Waals surface area contributed by atoms with Crippen molar-refractivity contribution in [2.24, 2.45) is 0 Å². The summed E-state index contributed by atoms with van der Waals surface area (Å²) >= 11 is 0. The Morgan fingerprint density at radius 2 is 1.73 bits per heavy atom. The topological polar surface area (TPSA) is 83.5 Å². The molecule has 1 saturated heterocycles. The minimum atomic E-state index is -0.500. The number of nitrogens with zero attached hydrogens (tertiary/aromatic N) is 1. The zero-order valence-electron chi connectivity index (χ0n) is 23.2. The number of hydrogen-bond acceptors (Lipinski definition) is 7. The van der Waals surface area contributed by atoms with Gasteiger partial charge < -0.3 is 28.6 Å². The number of rotatable bonds is 10. The van der Waals surface area contributed by atoms with Gasteiger partial charge in [0.25, 0.3) is 0 Å². The van der Waals surface area contributed by atoms with Gasteiger partial charge in [0.05, 0.1) is 33.0 Å². The Morgan fingerprint density at radius 1 is 0.900 bits per heavy atom. The predicted octanol–water partition coefficient (Wildman–Crippen LogP) is 5.91. The number of anilines is 1. The van der Waals surface area contributed by atoms with E-state index in [0.717, 1.165) is 35.5 Å². The van der Waals surface area contributed by atoms with E-state index in [4.69, 9.17) is 23.7 Å². The second-order valence-corrected chi connectivity index (χ2v) is 10.2. The van der Waals surface area contributed by atoms with Crippen LogP contribution in [0.5, 0.6) is 23.0 Å². The average Bonchev–Trinajstić information content (AvgIpc) is 3.65. The van der Waals surface area contributed by atoms with Gasteiger partial charge >= 0.3 is 5.97 Å². The zero-order valence-corrected chi connectivity index (χ0v) is 23.2. The number of amides is 1. The summed E-state index contributed by atoms with van der Waals surface area (Å²) in [7, 11) is 4.58. The Balaban J connectivity index is 1.37. The first-order chi connectivity index (χ1) is 19.5. The van der Waals surface area contributed by atoms with Gasteiger partial charge in [0.2, 0.25) is 5.91 Å². The molecule has 210 valence electrons. The summed E-state index contributed by atoms with van der Waals surface area (Å²) in [4.78, 5) is 27.4. The van der Waals surface area contributed by atoms with Crippen LogP contribution < -0.4 is 23.8 Å². The molecule has 8 nitrogen and oxygen atoms in total. The summed E-state index contributed by atoms with van der Waals surface area (Å²) in [5, 5.41) is 0. The van der Waals surface area contributed by atoms with E-state index >= 15 is 0 Å². The molecular weight excluding hydrogens is 510 g/mol. The number of benzene rings is 3. The fourth-order valence-electron chi connectivity index (χ4n) is 5.39. The summed E-state index contributed by atoms with van der Waals surface area (Å²) in [5.74, 6) is 2.05. The van der Waals surface area contributed by atoms with E-state index in [9.17, 15) is 9.59 Å². The number of ether oxygens (including phenoxy) is 5. The first-order valence-corrected chi connectivity index (χ1v) is 13.6.